The molecule has 0 saturated carbocycles. The van der Waals surface area contributed by atoms with Crippen LogP contribution in [0.5, 0.6) is 0 Å². The van der Waals surface area contributed by atoms with E-state index in [1.165, 1.54) is 11.8 Å². The van der Waals surface area contributed by atoms with Gasteiger partial charge in [0, 0.05) is 7.05 Å². The van der Waals surface area contributed by atoms with E-state index in [-0.39, 0.29) is 5.56 Å². The Morgan fingerprint density at radius 2 is 2.08 bits per heavy atom. The summed E-state index contributed by atoms with van der Waals surface area (Å²) in [5, 5.41) is 7.18. The van der Waals surface area contributed by atoms with Gasteiger partial charge in [-0.25, -0.2) is 4.98 Å². The number of nitrogens with zero attached hydrogens (tertiary/aromatic N) is 4. The fourth-order valence-corrected chi connectivity index (χ4v) is 3.73. The highest BCUT2D eigenvalue weighted by Crippen LogP contribution is 2.24. The molecule has 0 bridgehead atoms. The van der Waals surface area contributed by atoms with Gasteiger partial charge in [0.05, 0.1) is 21.5 Å². The predicted molar refractivity (Wildman–Crippen MR) is 94.2 cm³/mol. The fraction of sp³-hybridized carbons (Fsp3) is 0.125. The first-order valence-electron chi connectivity index (χ1n) is 7.17. The molecule has 0 aliphatic rings. The summed E-state index contributed by atoms with van der Waals surface area (Å²) >= 11 is 2.96. The minimum Gasteiger partial charge on any atom is -0.338 e. The van der Waals surface area contributed by atoms with Crippen molar-refractivity contribution < 1.29 is 4.52 Å². The molecule has 3 heterocycles. The molecule has 3 aromatic heterocycles. The maximum absolute atomic E-state index is 12.4. The molecule has 0 amide bonds. The molecule has 0 atom stereocenters. The van der Waals surface area contributed by atoms with Crippen LogP contribution < -0.4 is 5.56 Å². The number of para-hydroxylation sites is 1. The molecule has 4 rings (SSSR count). The molecule has 0 aliphatic carbocycles. The molecule has 1 aromatic carbocycles. The highest BCUT2D eigenvalue weighted by Gasteiger charge is 2.13. The number of fused-ring (bicyclic) bond motifs is 1. The first-order chi connectivity index (χ1) is 11.7. The Hall–Kier alpha value is -2.45. The monoisotopic (exact) mass is 356 g/mol. The van der Waals surface area contributed by atoms with Crippen molar-refractivity contribution in [2.75, 3.05) is 0 Å². The van der Waals surface area contributed by atoms with Crippen molar-refractivity contribution in [3.8, 4) is 10.7 Å². The van der Waals surface area contributed by atoms with Gasteiger partial charge < -0.3 is 4.52 Å². The average Bonchev–Trinajstić information content (AvgIpc) is 3.28. The molecule has 0 N–H and O–H groups in total. The maximum atomic E-state index is 12.4. The standard InChI is InChI=1S/C16H12N4O2S2/c1-20-15(21)10-5-2-3-6-11(10)17-16(20)24-9-13-18-14(19-22-13)12-7-4-8-23-12/h2-8H,9H2,1H3. The van der Waals surface area contributed by atoms with Crippen LogP contribution >= 0.6 is 23.1 Å². The van der Waals surface area contributed by atoms with E-state index in [1.54, 1.807) is 29.0 Å². The van der Waals surface area contributed by atoms with E-state index >= 15 is 0 Å². The molecule has 0 saturated heterocycles. The first kappa shape index (κ1) is 15.1. The molecule has 0 fully saturated rings. The SMILES string of the molecule is Cn1c(SCc2nc(-c3cccs3)no2)nc2ccccc2c1=O. The van der Waals surface area contributed by atoms with E-state index in [9.17, 15) is 4.79 Å². The van der Waals surface area contributed by atoms with Crippen LogP contribution in [0.4, 0.5) is 0 Å². The van der Waals surface area contributed by atoms with Gasteiger partial charge in [0.25, 0.3) is 5.56 Å². The number of rotatable bonds is 4. The smallest absolute Gasteiger partial charge is 0.261 e. The molecular weight excluding hydrogens is 344 g/mol. The normalized spacial score (nSPS) is 11.2. The van der Waals surface area contributed by atoms with E-state index in [0.29, 0.717) is 33.5 Å². The lowest BCUT2D eigenvalue weighted by Crippen LogP contribution is -2.19. The van der Waals surface area contributed by atoms with Crippen molar-refractivity contribution in [2.24, 2.45) is 7.05 Å². The minimum absolute atomic E-state index is 0.0621. The number of thioether (sulfide) groups is 1. The first-order valence-corrected chi connectivity index (χ1v) is 9.04. The zero-order chi connectivity index (χ0) is 16.5. The fourth-order valence-electron chi connectivity index (χ4n) is 2.27. The predicted octanol–water partition coefficient (Wildman–Crippen LogP) is 3.34. The van der Waals surface area contributed by atoms with Crippen LogP contribution in [-0.2, 0) is 12.8 Å². The Bertz CT molecular complexity index is 1050. The van der Waals surface area contributed by atoms with Crippen LogP contribution in [-0.4, -0.2) is 19.7 Å². The summed E-state index contributed by atoms with van der Waals surface area (Å²) in [6, 6.07) is 11.2. The van der Waals surface area contributed by atoms with Crippen LogP contribution in [0.1, 0.15) is 5.89 Å². The van der Waals surface area contributed by atoms with Crippen molar-refractivity contribution in [3.05, 3.63) is 58.0 Å². The molecule has 8 heteroatoms. The Morgan fingerprint density at radius 1 is 1.21 bits per heavy atom. The summed E-state index contributed by atoms with van der Waals surface area (Å²) in [6.07, 6.45) is 0. The van der Waals surface area contributed by atoms with Crippen LogP contribution in [0, 0.1) is 0 Å². The molecule has 120 valence electrons. The Labute approximate surface area is 145 Å². The van der Waals surface area contributed by atoms with Crippen molar-refractivity contribution in [1.29, 1.82) is 0 Å². The lowest BCUT2D eigenvalue weighted by molar-refractivity contribution is 0.391. The zero-order valence-corrected chi connectivity index (χ0v) is 14.3. The lowest BCUT2D eigenvalue weighted by atomic mass is 10.2. The molecule has 24 heavy (non-hydrogen) atoms. The van der Waals surface area contributed by atoms with E-state index in [4.69, 9.17) is 4.52 Å². The largest absolute Gasteiger partial charge is 0.338 e. The van der Waals surface area contributed by atoms with E-state index in [2.05, 4.69) is 15.1 Å². The maximum Gasteiger partial charge on any atom is 0.261 e. The quantitative estimate of drug-likeness (QED) is 0.412. The lowest BCUT2D eigenvalue weighted by Gasteiger charge is -2.07. The second-order valence-electron chi connectivity index (χ2n) is 5.05. The van der Waals surface area contributed by atoms with Crippen LogP contribution in [0.2, 0.25) is 0 Å². The van der Waals surface area contributed by atoms with Crippen LogP contribution in [0.3, 0.4) is 0 Å². The summed E-state index contributed by atoms with van der Waals surface area (Å²) in [5.74, 6) is 1.54. The Balaban J connectivity index is 1.59. The molecule has 0 unspecified atom stereocenters. The highest BCUT2D eigenvalue weighted by molar-refractivity contribution is 7.98. The van der Waals surface area contributed by atoms with E-state index in [1.807, 2.05) is 35.7 Å². The topological polar surface area (TPSA) is 73.8 Å². The minimum atomic E-state index is -0.0621. The number of hydrogen-bond acceptors (Lipinski definition) is 7. The van der Waals surface area contributed by atoms with Gasteiger partial charge in [-0.05, 0) is 23.6 Å². The Morgan fingerprint density at radius 3 is 2.92 bits per heavy atom. The molecule has 4 aromatic rings. The van der Waals surface area contributed by atoms with Gasteiger partial charge in [0.15, 0.2) is 5.16 Å². The number of hydrogen-bond donors (Lipinski definition) is 0. The number of benzene rings is 1. The van der Waals surface area contributed by atoms with Crippen molar-refractivity contribution in [1.82, 2.24) is 19.7 Å². The molecular formula is C16H12N4O2S2. The number of thiophene rings is 1. The van der Waals surface area contributed by atoms with Gasteiger partial charge in [-0.2, -0.15) is 4.98 Å². The molecule has 0 radical (unpaired) electrons. The third kappa shape index (κ3) is 2.74. The zero-order valence-electron chi connectivity index (χ0n) is 12.7. The summed E-state index contributed by atoms with van der Waals surface area (Å²) < 4.78 is 6.82. The number of aromatic nitrogens is 4. The van der Waals surface area contributed by atoms with Crippen LogP contribution in [0.15, 0.2) is 56.3 Å². The van der Waals surface area contributed by atoms with E-state index < -0.39 is 0 Å². The van der Waals surface area contributed by atoms with E-state index in [0.717, 1.165) is 4.88 Å². The van der Waals surface area contributed by atoms with Gasteiger partial charge >= 0.3 is 0 Å². The summed E-state index contributed by atoms with van der Waals surface area (Å²) in [5.41, 5.74) is 0.626. The highest BCUT2D eigenvalue weighted by atomic mass is 32.2. The van der Waals surface area contributed by atoms with Crippen molar-refractivity contribution in [2.45, 2.75) is 10.9 Å². The van der Waals surface area contributed by atoms with Crippen LogP contribution in [0.25, 0.3) is 21.6 Å². The molecule has 0 spiro atoms. The summed E-state index contributed by atoms with van der Waals surface area (Å²) in [6.45, 7) is 0. The second kappa shape index (κ2) is 6.21. The summed E-state index contributed by atoms with van der Waals surface area (Å²) in [7, 11) is 1.72. The van der Waals surface area contributed by atoms with Gasteiger partial charge in [-0.1, -0.05) is 35.1 Å². The third-order valence-corrected chi connectivity index (χ3v) is 5.36. The second-order valence-corrected chi connectivity index (χ2v) is 6.94. The Kier molecular flexibility index (Phi) is 3.91. The summed E-state index contributed by atoms with van der Waals surface area (Å²) in [4.78, 5) is 22.3. The van der Waals surface area contributed by atoms with Crippen molar-refractivity contribution in [3.63, 3.8) is 0 Å². The van der Waals surface area contributed by atoms with Gasteiger partial charge in [-0.3, -0.25) is 9.36 Å². The average molecular weight is 356 g/mol. The molecule has 6 nitrogen and oxygen atoms in total. The molecule has 0 aliphatic heterocycles. The van der Waals surface area contributed by atoms with Gasteiger partial charge in [0.2, 0.25) is 11.7 Å². The van der Waals surface area contributed by atoms with Gasteiger partial charge in [0.1, 0.15) is 0 Å². The third-order valence-electron chi connectivity index (χ3n) is 3.48. The van der Waals surface area contributed by atoms with Crippen molar-refractivity contribution >= 4 is 34.0 Å². The van der Waals surface area contributed by atoms with Gasteiger partial charge in [-0.15, -0.1) is 11.3 Å².